The van der Waals surface area contributed by atoms with Gasteiger partial charge in [0, 0.05) is 13.7 Å². The maximum absolute atomic E-state index is 12.5. The number of rotatable bonds is 5. The van der Waals surface area contributed by atoms with Crippen LogP contribution in [0.3, 0.4) is 0 Å². The van der Waals surface area contributed by atoms with E-state index in [0.29, 0.717) is 13.2 Å². The molecule has 1 aromatic carbocycles. The van der Waals surface area contributed by atoms with E-state index in [2.05, 4.69) is 10.3 Å². The van der Waals surface area contributed by atoms with E-state index in [1.54, 1.807) is 18.2 Å². The summed E-state index contributed by atoms with van der Waals surface area (Å²) in [6.45, 7) is 1.22. The molecule has 0 saturated carbocycles. The molecule has 120 valence electrons. The molecule has 1 aliphatic heterocycles. The lowest BCUT2D eigenvalue weighted by molar-refractivity contribution is -0.127. The Morgan fingerprint density at radius 1 is 1.30 bits per heavy atom. The van der Waals surface area contributed by atoms with Gasteiger partial charge < -0.3 is 14.5 Å². The molecule has 1 fully saturated rings. The van der Waals surface area contributed by atoms with Crippen molar-refractivity contribution in [2.75, 3.05) is 33.5 Å². The second-order valence-electron chi connectivity index (χ2n) is 5.18. The number of nitrogens with zero attached hydrogens (tertiary/aromatic N) is 5. The van der Waals surface area contributed by atoms with Gasteiger partial charge in [-0.05, 0) is 12.1 Å². The second-order valence-corrected chi connectivity index (χ2v) is 5.18. The first-order valence-corrected chi connectivity index (χ1v) is 7.23. The van der Waals surface area contributed by atoms with Gasteiger partial charge in [-0.25, -0.2) is 4.68 Å². The molecule has 0 spiro atoms. The molecule has 1 aliphatic rings. The van der Waals surface area contributed by atoms with Gasteiger partial charge in [0.2, 0.25) is 5.91 Å². The minimum absolute atomic E-state index is 0.0563. The number of para-hydroxylation sites is 1. The average Bonchev–Trinajstić information content (AvgIpc) is 3.20. The Bertz CT molecular complexity index is 700. The molecule has 0 atom stereocenters. The fourth-order valence-electron chi connectivity index (χ4n) is 2.36. The van der Waals surface area contributed by atoms with E-state index in [9.17, 15) is 9.59 Å². The zero-order valence-electron chi connectivity index (χ0n) is 12.8. The number of methoxy groups -OCH3 is 1. The van der Waals surface area contributed by atoms with Crippen molar-refractivity contribution in [2.45, 2.75) is 0 Å². The first-order chi connectivity index (χ1) is 11.2. The van der Waals surface area contributed by atoms with E-state index in [0.717, 1.165) is 5.69 Å². The molecule has 2 amide bonds. The molecular formula is C15H17N5O3. The minimum atomic E-state index is -0.305. The Kier molecular flexibility index (Phi) is 4.33. The zero-order valence-corrected chi connectivity index (χ0v) is 12.8. The summed E-state index contributed by atoms with van der Waals surface area (Å²) in [6, 6.07) is 9.40. The highest BCUT2D eigenvalue weighted by atomic mass is 16.5. The van der Waals surface area contributed by atoms with Crippen LogP contribution >= 0.6 is 0 Å². The number of carbonyl (C=O) groups excluding carboxylic acids is 2. The Labute approximate surface area is 133 Å². The van der Waals surface area contributed by atoms with Crippen LogP contribution in [0.15, 0.2) is 36.5 Å². The summed E-state index contributed by atoms with van der Waals surface area (Å²) in [5, 5.41) is 7.88. The van der Waals surface area contributed by atoms with Crippen molar-refractivity contribution in [1.29, 1.82) is 0 Å². The molecule has 1 aromatic heterocycles. The van der Waals surface area contributed by atoms with E-state index >= 15 is 0 Å². The van der Waals surface area contributed by atoms with Crippen molar-refractivity contribution in [3.05, 3.63) is 42.2 Å². The van der Waals surface area contributed by atoms with Crippen LogP contribution < -0.4 is 0 Å². The Hall–Kier alpha value is -2.74. The summed E-state index contributed by atoms with van der Waals surface area (Å²) in [6.07, 6.45) is 1.57. The van der Waals surface area contributed by atoms with Crippen molar-refractivity contribution >= 4 is 11.8 Å². The monoisotopic (exact) mass is 315 g/mol. The molecule has 3 rings (SSSR count). The predicted molar refractivity (Wildman–Crippen MR) is 80.9 cm³/mol. The lowest BCUT2D eigenvalue weighted by Crippen LogP contribution is -2.33. The van der Waals surface area contributed by atoms with Gasteiger partial charge >= 0.3 is 0 Å². The van der Waals surface area contributed by atoms with Gasteiger partial charge in [-0.1, -0.05) is 23.4 Å². The minimum Gasteiger partial charge on any atom is -0.383 e. The van der Waals surface area contributed by atoms with E-state index in [1.165, 1.54) is 9.58 Å². The molecule has 0 aliphatic carbocycles. The molecule has 8 nitrogen and oxygen atoms in total. The predicted octanol–water partition coefficient (Wildman–Crippen LogP) is 0.156. The van der Waals surface area contributed by atoms with Crippen molar-refractivity contribution in [3.8, 4) is 5.69 Å². The SMILES string of the molecule is COCCN1CN(C(=O)c2cn(-c3ccccc3)nn2)CC1=O. The standard InChI is InChI=1S/C15H17N5O3/c1-23-8-7-18-11-19(10-14(18)21)15(22)13-9-20(17-16-13)12-5-3-2-4-6-12/h2-6,9H,7-8,10-11H2,1H3. The lowest BCUT2D eigenvalue weighted by Gasteiger charge is -2.16. The van der Waals surface area contributed by atoms with Gasteiger partial charge in [-0.3, -0.25) is 9.59 Å². The fourth-order valence-corrected chi connectivity index (χ4v) is 2.36. The highest BCUT2D eigenvalue weighted by Crippen LogP contribution is 2.12. The highest BCUT2D eigenvalue weighted by molar-refractivity contribution is 5.96. The largest absolute Gasteiger partial charge is 0.383 e. The van der Waals surface area contributed by atoms with Crippen LogP contribution in [0.1, 0.15) is 10.5 Å². The summed E-state index contributed by atoms with van der Waals surface area (Å²) in [5.74, 6) is -0.397. The van der Waals surface area contributed by atoms with Crippen molar-refractivity contribution in [1.82, 2.24) is 24.8 Å². The van der Waals surface area contributed by atoms with E-state index < -0.39 is 0 Å². The van der Waals surface area contributed by atoms with Gasteiger partial charge in [0.15, 0.2) is 5.69 Å². The number of hydrogen-bond donors (Lipinski definition) is 0. The van der Waals surface area contributed by atoms with Crippen LogP contribution in [0, 0.1) is 0 Å². The number of carbonyl (C=O) groups is 2. The quantitative estimate of drug-likeness (QED) is 0.785. The van der Waals surface area contributed by atoms with Crippen LogP contribution in [-0.4, -0.2) is 70.1 Å². The molecule has 1 saturated heterocycles. The van der Waals surface area contributed by atoms with E-state index in [1.807, 2.05) is 30.3 Å². The van der Waals surface area contributed by atoms with Gasteiger partial charge in [0.25, 0.3) is 5.91 Å². The smallest absolute Gasteiger partial charge is 0.277 e. The molecule has 0 bridgehead atoms. The van der Waals surface area contributed by atoms with Crippen LogP contribution in [0.4, 0.5) is 0 Å². The second kappa shape index (κ2) is 6.57. The molecule has 2 aromatic rings. The summed E-state index contributed by atoms with van der Waals surface area (Å²) in [7, 11) is 1.57. The number of amides is 2. The maximum atomic E-state index is 12.5. The van der Waals surface area contributed by atoms with E-state index in [4.69, 9.17) is 4.74 Å². The molecule has 0 N–H and O–H groups in total. The molecular weight excluding hydrogens is 298 g/mol. The Balaban J connectivity index is 1.70. The summed E-state index contributed by atoms with van der Waals surface area (Å²) in [4.78, 5) is 27.4. The third kappa shape index (κ3) is 3.21. The van der Waals surface area contributed by atoms with Crippen LogP contribution in [0.2, 0.25) is 0 Å². The third-order valence-corrected chi connectivity index (χ3v) is 3.61. The number of hydrogen-bond acceptors (Lipinski definition) is 5. The zero-order chi connectivity index (χ0) is 16.2. The maximum Gasteiger partial charge on any atom is 0.277 e. The normalized spacial score (nSPS) is 14.6. The van der Waals surface area contributed by atoms with Crippen LogP contribution in [0.5, 0.6) is 0 Å². The number of ether oxygens (including phenoxy) is 1. The number of aromatic nitrogens is 3. The summed E-state index contributed by atoms with van der Waals surface area (Å²) < 4.78 is 6.50. The lowest BCUT2D eigenvalue weighted by atomic mass is 10.3. The highest BCUT2D eigenvalue weighted by Gasteiger charge is 2.32. The average molecular weight is 315 g/mol. The third-order valence-electron chi connectivity index (χ3n) is 3.61. The number of benzene rings is 1. The molecule has 8 heteroatoms. The Morgan fingerprint density at radius 3 is 2.83 bits per heavy atom. The Morgan fingerprint density at radius 2 is 2.09 bits per heavy atom. The molecule has 0 unspecified atom stereocenters. The van der Waals surface area contributed by atoms with Crippen molar-refractivity contribution in [2.24, 2.45) is 0 Å². The summed E-state index contributed by atoms with van der Waals surface area (Å²) in [5.41, 5.74) is 1.04. The van der Waals surface area contributed by atoms with Crippen LogP contribution in [0.25, 0.3) is 5.69 Å². The van der Waals surface area contributed by atoms with Crippen LogP contribution in [-0.2, 0) is 9.53 Å². The molecule has 0 radical (unpaired) electrons. The van der Waals surface area contributed by atoms with Gasteiger partial charge in [0.05, 0.1) is 25.2 Å². The molecule has 23 heavy (non-hydrogen) atoms. The topological polar surface area (TPSA) is 80.6 Å². The van der Waals surface area contributed by atoms with Crippen molar-refractivity contribution < 1.29 is 14.3 Å². The first kappa shape index (κ1) is 15.2. The van der Waals surface area contributed by atoms with Gasteiger partial charge in [0.1, 0.15) is 6.54 Å². The fraction of sp³-hybridized carbons (Fsp3) is 0.333. The first-order valence-electron chi connectivity index (χ1n) is 7.23. The van der Waals surface area contributed by atoms with Gasteiger partial charge in [-0.15, -0.1) is 5.10 Å². The van der Waals surface area contributed by atoms with Crippen molar-refractivity contribution in [3.63, 3.8) is 0 Å². The van der Waals surface area contributed by atoms with Gasteiger partial charge in [-0.2, -0.15) is 0 Å². The summed E-state index contributed by atoms with van der Waals surface area (Å²) >= 11 is 0. The molecule has 2 heterocycles. The van der Waals surface area contributed by atoms with E-state index in [-0.39, 0.29) is 30.7 Å².